The molecule has 5 nitrogen and oxygen atoms in total. The molecule has 0 saturated carbocycles. The molecule has 2 rings (SSSR count). The van der Waals surface area contributed by atoms with E-state index in [0.29, 0.717) is 39.3 Å². The van der Waals surface area contributed by atoms with Gasteiger partial charge < -0.3 is 4.74 Å². The van der Waals surface area contributed by atoms with Gasteiger partial charge in [0.05, 0.1) is 24.7 Å². The Balaban J connectivity index is 1.84. The van der Waals surface area contributed by atoms with Crippen LogP contribution in [0.1, 0.15) is 12.8 Å². The lowest BCUT2D eigenvalue weighted by molar-refractivity contribution is -0.123. The summed E-state index contributed by atoms with van der Waals surface area (Å²) in [5.74, 6) is 0.655. The van der Waals surface area contributed by atoms with Gasteiger partial charge in [0, 0.05) is 19.1 Å². The first kappa shape index (κ1) is 13.0. The second-order valence-corrected chi connectivity index (χ2v) is 7.11. The van der Waals surface area contributed by atoms with E-state index in [4.69, 9.17) is 4.74 Å². The van der Waals surface area contributed by atoms with Gasteiger partial charge in [0.15, 0.2) is 15.6 Å². The minimum absolute atomic E-state index is 0.0230. The van der Waals surface area contributed by atoms with Gasteiger partial charge in [-0.05, 0) is 19.4 Å². The molecule has 0 aromatic carbocycles. The molecule has 1 atom stereocenters. The summed E-state index contributed by atoms with van der Waals surface area (Å²) < 4.78 is 28.0. The Hall–Kier alpha value is -0.460. The van der Waals surface area contributed by atoms with Crippen molar-refractivity contribution in [3.8, 4) is 0 Å². The summed E-state index contributed by atoms with van der Waals surface area (Å²) in [5, 5.41) is 0. The third kappa shape index (κ3) is 3.76. The van der Waals surface area contributed by atoms with Gasteiger partial charge >= 0.3 is 0 Å². The monoisotopic (exact) mass is 261 g/mol. The molecule has 6 heteroatoms. The normalized spacial score (nSPS) is 30.0. The smallest absolute Gasteiger partial charge is 0.152 e. The molecule has 2 fully saturated rings. The van der Waals surface area contributed by atoms with Crippen LogP contribution in [0.15, 0.2) is 0 Å². The zero-order valence-corrected chi connectivity index (χ0v) is 10.7. The molecule has 0 aromatic rings. The van der Waals surface area contributed by atoms with Crippen LogP contribution in [0.3, 0.4) is 0 Å². The van der Waals surface area contributed by atoms with Crippen molar-refractivity contribution in [1.29, 1.82) is 0 Å². The molecule has 0 bridgehead atoms. The molecule has 0 amide bonds. The Morgan fingerprint density at radius 3 is 2.82 bits per heavy atom. The number of hydrogen-bond acceptors (Lipinski definition) is 5. The molecule has 2 aliphatic rings. The number of ketones is 1. The molecule has 0 spiro atoms. The number of hydrogen-bond donors (Lipinski definition) is 0. The summed E-state index contributed by atoms with van der Waals surface area (Å²) >= 11 is 0. The number of Topliss-reactive ketones (excluding diaryl/α,β-unsaturated/α-hetero) is 1. The number of rotatable bonds is 3. The summed E-state index contributed by atoms with van der Waals surface area (Å²) in [7, 11) is -2.88. The highest BCUT2D eigenvalue weighted by Crippen LogP contribution is 2.14. The van der Waals surface area contributed by atoms with E-state index >= 15 is 0 Å². The molecule has 2 saturated heterocycles. The van der Waals surface area contributed by atoms with E-state index < -0.39 is 9.84 Å². The first-order chi connectivity index (χ1) is 8.07. The van der Waals surface area contributed by atoms with Crippen LogP contribution in [-0.2, 0) is 19.4 Å². The zero-order chi connectivity index (χ0) is 12.3. The minimum Gasteiger partial charge on any atom is -0.381 e. The molecule has 0 aromatic heterocycles. The Morgan fingerprint density at radius 2 is 2.12 bits per heavy atom. The van der Waals surface area contributed by atoms with Gasteiger partial charge in [-0.2, -0.15) is 0 Å². The number of ether oxygens (including phenoxy) is 1. The lowest BCUT2D eigenvalue weighted by Gasteiger charge is -2.19. The van der Waals surface area contributed by atoms with Crippen LogP contribution >= 0.6 is 0 Å². The predicted octanol–water partition coefficient (Wildman–Crippen LogP) is -0.287. The second kappa shape index (κ2) is 5.46. The van der Waals surface area contributed by atoms with Crippen LogP contribution in [0.2, 0.25) is 0 Å². The SMILES string of the molecule is O=C(CN1CCCS(=O)(=O)CC1)C1CCOC1. The first-order valence-electron chi connectivity index (χ1n) is 6.10. The fourth-order valence-electron chi connectivity index (χ4n) is 2.29. The highest BCUT2D eigenvalue weighted by atomic mass is 32.2. The average Bonchev–Trinajstić information content (AvgIpc) is 2.73. The summed E-state index contributed by atoms with van der Waals surface area (Å²) in [6, 6.07) is 0. The molecule has 0 aliphatic carbocycles. The average molecular weight is 261 g/mol. The third-order valence-corrected chi connectivity index (χ3v) is 5.13. The van der Waals surface area contributed by atoms with E-state index in [-0.39, 0.29) is 23.2 Å². The standard InChI is InChI=1S/C11H19NO4S/c13-11(10-2-5-16-9-10)8-12-3-1-6-17(14,15)7-4-12/h10H,1-9H2. The van der Waals surface area contributed by atoms with Crippen molar-refractivity contribution in [2.75, 3.05) is 44.4 Å². The first-order valence-corrected chi connectivity index (χ1v) is 7.92. The molecule has 2 aliphatic heterocycles. The minimum atomic E-state index is -2.88. The van der Waals surface area contributed by atoms with Gasteiger partial charge in [-0.1, -0.05) is 0 Å². The summed E-state index contributed by atoms with van der Waals surface area (Å²) in [4.78, 5) is 13.9. The van der Waals surface area contributed by atoms with Crippen LogP contribution in [0, 0.1) is 5.92 Å². The lowest BCUT2D eigenvalue weighted by atomic mass is 10.0. The van der Waals surface area contributed by atoms with Crippen molar-refractivity contribution < 1.29 is 17.9 Å². The van der Waals surface area contributed by atoms with Crippen LogP contribution in [0.25, 0.3) is 0 Å². The molecule has 2 heterocycles. The van der Waals surface area contributed by atoms with Crippen molar-refractivity contribution in [3.05, 3.63) is 0 Å². The topological polar surface area (TPSA) is 63.7 Å². The maximum Gasteiger partial charge on any atom is 0.152 e. The molecular formula is C11H19NO4S. The van der Waals surface area contributed by atoms with E-state index in [2.05, 4.69) is 0 Å². The van der Waals surface area contributed by atoms with E-state index in [0.717, 1.165) is 6.42 Å². The van der Waals surface area contributed by atoms with Crippen molar-refractivity contribution >= 4 is 15.6 Å². The highest BCUT2D eigenvalue weighted by Gasteiger charge is 2.26. The van der Waals surface area contributed by atoms with E-state index in [1.807, 2.05) is 4.90 Å². The number of sulfone groups is 1. The molecular weight excluding hydrogens is 242 g/mol. The van der Waals surface area contributed by atoms with Crippen molar-refractivity contribution in [3.63, 3.8) is 0 Å². The van der Waals surface area contributed by atoms with Gasteiger partial charge in [-0.3, -0.25) is 9.69 Å². The van der Waals surface area contributed by atoms with Crippen molar-refractivity contribution in [1.82, 2.24) is 4.90 Å². The number of carbonyl (C=O) groups excluding carboxylic acids is 1. The van der Waals surface area contributed by atoms with Gasteiger partial charge in [0.2, 0.25) is 0 Å². The number of carbonyl (C=O) groups is 1. The van der Waals surface area contributed by atoms with Crippen LogP contribution in [0.5, 0.6) is 0 Å². The van der Waals surface area contributed by atoms with E-state index in [1.54, 1.807) is 0 Å². The summed E-state index contributed by atoms with van der Waals surface area (Å²) in [6.45, 7) is 2.78. The fraction of sp³-hybridized carbons (Fsp3) is 0.909. The van der Waals surface area contributed by atoms with Crippen molar-refractivity contribution in [2.24, 2.45) is 5.92 Å². The van der Waals surface area contributed by atoms with Gasteiger partial charge in [0.25, 0.3) is 0 Å². The van der Waals surface area contributed by atoms with Crippen LogP contribution in [0.4, 0.5) is 0 Å². The van der Waals surface area contributed by atoms with Crippen molar-refractivity contribution in [2.45, 2.75) is 12.8 Å². The fourth-order valence-corrected chi connectivity index (χ4v) is 3.60. The van der Waals surface area contributed by atoms with E-state index in [1.165, 1.54) is 0 Å². The van der Waals surface area contributed by atoms with Crippen LogP contribution in [-0.4, -0.2) is 63.5 Å². The van der Waals surface area contributed by atoms with Gasteiger partial charge in [-0.25, -0.2) is 8.42 Å². The lowest BCUT2D eigenvalue weighted by Crippen LogP contribution is -2.35. The Morgan fingerprint density at radius 1 is 1.29 bits per heavy atom. The van der Waals surface area contributed by atoms with Crippen LogP contribution < -0.4 is 0 Å². The zero-order valence-electron chi connectivity index (χ0n) is 9.93. The molecule has 98 valence electrons. The molecule has 17 heavy (non-hydrogen) atoms. The van der Waals surface area contributed by atoms with Gasteiger partial charge in [0.1, 0.15) is 0 Å². The quantitative estimate of drug-likeness (QED) is 0.699. The summed E-state index contributed by atoms with van der Waals surface area (Å²) in [6.07, 6.45) is 1.45. The second-order valence-electron chi connectivity index (χ2n) is 4.81. The third-order valence-electron chi connectivity index (χ3n) is 3.41. The maximum atomic E-state index is 11.9. The Bertz CT molecular complexity index is 373. The predicted molar refractivity (Wildman–Crippen MR) is 63.6 cm³/mol. The molecule has 0 radical (unpaired) electrons. The number of nitrogens with zero attached hydrogens (tertiary/aromatic N) is 1. The largest absolute Gasteiger partial charge is 0.381 e. The van der Waals surface area contributed by atoms with Gasteiger partial charge in [-0.15, -0.1) is 0 Å². The highest BCUT2D eigenvalue weighted by molar-refractivity contribution is 7.91. The Kier molecular flexibility index (Phi) is 4.17. The maximum absolute atomic E-state index is 11.9. The molecule has 0 N–H and O–H groups in total. The molecule has 1 unspecified atom stereocenters. The summed E-state index contributed by atoms with van der Waals surface area (Å²) in [5.41, 5.74) is 0. The van der Waals surface area contributed by atoms with E-state index in [9.17, 15) is 13.2 Å². The Labute approximate surface area is 102 Å².